The average Bonchev–Trinajstić information content (AvgIpc) is 3.56. The Morgan fingerprint density at radius 1 is 0.705 bits per heavy atom. The summed E-state index contributed by atoms with van der Waals surface area (Å²) in [5, 5.41) is 9.26. The molecule has 0 aliphatic heterocycles. The average molecular weight is 588 g/mol. The lowest BCUT2D eigenvalue weighted by Crippen LogP contribution is -2.38. The number of ether oxygens (including phenoxy) is 2. The van der Waals surface area contributed by atoms with Gasteiger partial charge in [-0.3, -0.25) is 0 Å². The van der Waals surface area contributed by atoms with Crippen LogP contribution in [0.5, 0.6) is 0 Å². The largest absolute Gasteiger partial charge is 0.449 e. The van der Waals surface area contributed by atoms with E-state index in [1.165, 1.54) is 11.1 Å². The number of hydrogen-bond donors (Lipinski definition) is 2. The van der Waals surface area contributed by atoms with E-state index in [-0.39, 0.29) is 31.6 Å². The molecule has 2 amide bonds. The van der Waals surface area contributed by atoms with Crippen LogP contribution in [0.4, 0.5) is 9.59 Å². The van der Waals surface area contributed by atoms with Gasteiger partial charge >= 0.3 is 12.2 Å². The van der Waals surface area contributed by atoms with Crippen molar-refractivity contribution in [2.24, 2.45) is 5.11 Å². The Morgan fingerprint density at radius 3 is 1.59 bits per heavy atom. The second kappa shape index (κ2) is 13.4. The van der Waals surface area contributed by atoms with Crippen molar-refractivity contribution >= 4 is 12.2 Å². The Labute approximate surface area is 255 Å². The molecule has 0 spiro atoms. The van der Waals surface area contributed by atoms with Crippen LogP contribution in [0, 0.1) is 0 Å². The fourth-order valence-corrected chi connectivity index (χ4v) is 6.34. The van der Waals surface area contributed by atoms with Crippen molar-refractivity contribution in [1.82, 2.24) is 10.6 Å². The number of carbonyl (C=O) groups excluding carboxylic acids is 2. The first-order valence-electron chi connectivity index (χ1n) is 14.8. The molecule has 0 unspecified atom stereocenters. The molecule has 222 valence electrons. The molecule has 0 bridgehead atoms. The van der Waals surface area contributed by atoms with E-state index in [0.717, 1.165) is 33.4 Å². The number of alkyl carbamates (subject to hydrolysis) is 2. The maximum atomic E-state index is 12.8. The van der Waals surface area contributed by atoms with Crippen LogP contribution in [0.15, 0.2) is 102 Å². The van der Waals surface area contributed by atoms with E-state index in [1.807, 2.05) is 48.5 Å². The maximum Gasteiger partial charge on any atom is 0.407 e. The quantitative estimate of drug-likeness (QED) is 0.0814. The van der Waals surface area contributed by atoms with Gasteiger partial charge in [-0.05, 0) is 62.9 Å². The summed E-state index contributed by atoms with van der Waals surface area (Å²) in [6.07, 6.45) is -0.0516. The molecule has 0 aromatic heterocycles. The van der Waals surface area contributed by atoms with Gasteiger partial charge in [-0.1, -0.05) is 102 Å². The molecule has 9 nitrogen and oxygen atoms in total. The number of benzene rings is 4. The number of rotatable bonds is 11. The molecular weight excluding hydrogens is 554 g/mol. The zero-order chi connectivity index (χ0) is 30.3. The van der Waals surface area contributed by atoms with Gasteiger partial charge in [0.05, 0.1) is 0 Å². The zero-order valence-corrected chi connectivity index (χ0v) is 24.2. The van der Waals surface area contributed by atoms with Crippen LogP contribution in [0.25, 0.3) is 32.7 Å². The molecule has 2 aliphatic carbocycles. The van der Waals surface area contributed by atoms with E-state index in [1.54, 1.807) is 0 Å². The summed E-state index contributed by atoms with van der Waals surface area (Å²) in [5.74, 6) is -0.0621. The van der Waals surface area contributed by atoms with Gasteiger partial charge in [0, 0.05) is 35.9 Å². The maximum absolute atomic E-state index is 12.8. The van der Waals surface area contributed by atoms with Crippen LogP contribution in [0.3, 0.4) is 0 Å². The smallest absolute Gasteiger partial charge is 0.407 e. The molecule has 0 heterocycles. The van der Waals surface area contributed by atoms with Gasteiger partial charge in [0.25, 0.3) is 0 Å². The predicted molar refractivity (Wildman–Crippen MR) is 168 cm³/mol. The van der Waals surface area contributed by atoms with Gasteiger partial charge in [-0.2, -0.15) is 0 Å². The van der Waals surface area contributed by atoms with Crippen LogP contribution >= 0.6 is 0 Å². The van der Waals surface area contributed by atoms with E-state index in [4.69, 9.17) is 15.0 Å². The molecule has 2 N–H and O–H groups in total. The summed E-state index contributed by atoms with van der Waals surface area (Å²) in [5.41, 5.74) is 18.1. The van der Waals surface area contributed by atoms with E-state index in [9.17, 15) is 9.59 Å². The van der Waals surface area contributed by atoms with Gasteiger partial charge in [-0.25, -0.2) is 9.59 Å². The predicted octanol–water partition coefficient (Wildman–Crippen LogP) is 7.52. The fourth-order valence-electron chi connectivity index (χ4n) is 6.34. The summed E-state index contributed by atoms with van der Waals surface area (Å²) in [4.78, 5) is 28.1. The van der Waals surface area contributed by atoms with Crippen molar-refractivity contribution in [3.05, 3.63) is 130 Å². The SMILES string of the molecule is [N-]=[N+]=NC[C@H](CCCNC(=O)OCC1c2ccccc2-c2ccccc21)NC(=O)OCC1c2ccccc2-c2ccccc21. The highest BCUT2D eigenvalue weighted by atomic mass is 16.6. The lowest BCUT2D eigenvalue weighted by Gasteiger charge is -2.19. The highest BCUT2D eigenvalue weighted by Gasteiger charge is 2.30. The van der Waals surface area contributed by atoms with Crippen molar-refractivity contribution in [2.45, 2.75) is 30.7 Å². The molecular formula is C35H33N5O4. The van der Waals surface area contributed by atoms with Crippen LogP contribution in [0.1, 0.15) is 46.9 Å². The zero-order valence-electron chi connectivity index (χ0n) is 24.2. The first-order valence-corrected chi connectivity index (χ1v) is 14.8. The molecule has 0 saturated heterocycles. The minimum Gasteiger partial charge on any atom is -0.449 e. The molecule has 6 rings (SSSR count). The van der Waals surface area contributed by atoms with Crippen molar-refractivity contribution in [1.29, 1.82) is 0 Å². The number of nitrogens with zero attached hydrogens (tertiary/aromatic N) is 3. The first kappa shape index (κ1) is 28.8. The molecule has 1 atom stereocenters. The highest BCUT2D eigenvalue weighted by Crippen LogP contribution is 2.45. The van der Waals surface area contributed by atoms with E-state index < -0.39 is 18.2 Å². The van der Waals surface area contributed by atoms with Crippen LogP contribution in [-0.4, -0.2) is 44.5 Å². The molecule has 4 aromatic rings. The van der Waals surface area contributed by atoms with E-state index in [2.05, 4.69) is 69.2 Å². The monoisotopic (exact) mass is 587 g/mol. The molecule has 9 heteroatoms. The van der Waals surface area contributed by atoms with Gasteiger partial charge in [-0.15, -0.1) is 0 Å². The Kier molecular flexibility index (Phi) is 8.75. The third-order valence-electron chi connectivity index (χ3n) is 8.37. The Hall–Kier alpha value is -5.27. The first-order chi connectivity index (χ1) is 21.6. The van der Waals surface area contributed by atoms with Gasteiger partial charge in [0.1, 0.15) is 13.2 Å². The third-order valence-corrected chi connectivity index (χ3v) is 8.37. The molecule has 0 saturated carbocycles. The third kappa shape index (κ3) is 6.09. The lowest BCUT2D eigenvalue weighted by atomic mass is 9.98. The second-order valence-electron chi connectivity index (χ2n) is 11.0. The Balaban J connectivity index is 0.964. The van der Waals surface area contributed by atoms with Gasteiger partial charge in [0.2, 0.25) is 0 Å². The van der Waals surface area contributed by atoms with Crippen molar-refractivity contribution in [2.75, 3.05) is 26.3 Å². The minimum atomic E-state index is -0.575. The summed E-state index contributed by atoms with van der Waals surface area (Å²) < 4.78 is 11.3. The van der Waals surface area contributed by atoms with Gasteiger partial charge in [0.15, 0.2) is 0 Å². The Morgan fingerprint density at radius 2 is 1.14 bits per heavy atom. The van der Waals surface area contributed by atoms with Crippen LogP contribution in [-0.2, 0) is 9.47 Å². The number of fused-ring (bicyclic) bond motifs is 6. The molecule has 4 aromatic carbocycles. The van der Waals surface area contributed by atoms with Crippen molar-refractivity contribution in [3.63, 3.8) is 0 Å². The number of amides is 2. The molecule has 0 fully saturated rings. The molecule has 44 heavy (non-hydrogen) atoms. The van der Waals surface area contributed by atoms with Crippen molar-refractivity contribution in [3.8, 4) is 22.3 Å². The lowest BCUT2D eigenvalue weighted by molar-refractivity contribution is 0.137. The summed E-state index contributed by atoms with van der Waals surface area (Å²) in [7, 11) is 0. The minimum absolute atomic E-state index is 0.0113. The normalized spacial score (nSPS) is 13.5. The highest BCUT2D eigenvalue weighted by molar-refractivity contribution is 5.80. The van der Waals surface area contributed by atoms with Crippen molar-refractivity contribution < 1.29 is 19.1 Å². The number of hydrogen-bond acceptors (Lipinski definition) is 5. The number of azide groups is 1. The summed E-state index contributed by atoms with van der Waals surface area (Å²) in [6, 6.07) is 32.2. The van der Waals surface area contributed by atoms with Gasteiger partial charge < -0.3 is 20.1 Å². The molecule has 0 radical (unpaired) electrons. The van der Waals surface area contributed by atoms with E-state index in [0.29, 0.717) is 19.4 Å². The van der Waals surface area contributed by atoms with E-state index >= 15 is 0 Å². The molecule has 2 aliphatic rings. The second-order valence-corrected chi connectivity index (χ2v) is 11.0. The summed E-state index contributed by atoms with van der Waals surface area (Å²) >= 11 is 0. The standard InChI is InChI=1S/C35H33N5O4/c36-40-38-20-23(39-35(42)44-22-33-30-17-7-3-13-26(30)27-14-4-8-18-31(27)33)10-9-19-37-34(41)43-21-32-28-15-5-1-11-24(28)25-12-2-6-16-29(25)32/h1-8,11-18,23,32-33H,9-10,19-22H2,(H,37,41)(H,39,42)/t23-/m0/s1. The Bertz CT molecular complexity index is 1630. The van der Waals surface area contributed by atoms with Crippen LogP contribution < -0.4 is 10.6 Å². The topological polar surface area (TPSA) is 125 Å². The number of carbonyl (C=O) groups is 2. The van der Waals surface area contributed by atoms with Crippen LogP contribution in [0.2, 0.25) is 0 Å². The number of nitrogens with one attached hydrogen (secondary N) is 2. The fraction of sp³-hybridized carbons (Fsp3) is 0.257. The summed E-state index contributed by atoms with van der Waals surface area (Å²) in [6.45, 7) is 0.849.